The van der Waals surface area contributed by atoms with Gasteiger partial charge in [0.05, 0.1) is 0 Å². The van der Waals surface area contributed by atoms with E-state index in [0.29, 0.717) is 5.92 Å². The molecular weight excluding hydrogens is 104 g/mol. The second kappa shape index (κ2) is 5.06. The van der Waals surface area contributed by atoms with Crippen LogP contribution < -0.4 is 0 Å². The summed E-state index contributed by atoms with van der Waals surface area (Å²) in [6.07, 6.45) is 0.951. The third-order valence-corrected chi connectivity index (χ3v) is 1.13. The van der Waals surface area contributed by atoms with Crippen LogP contribution in [0.5, 0.6) is 0 Å². The Hall–Kier alpha value is -0.0800. The highest BCUT2D eigenvalue weighted by Crippen LogP contribution is 1.98. The Morgan fingerprint density at radius 1 is 1.62 bits per heavy atom. The van der Waals surface area contributed by atoms with Crippen LogP contribution in [0.3, 0.4) is 0 Å². The molecule has 0 rings (SSSR count). The summed E-state index contributed by atoms with van der Waals surface area (Å²) in [5, 5.41) is 8.51. The maximum atomic E-state index is 8.51. The molecule has 2 heteroatoms. The van der Waals surface area contributed by atoms with E-state index in [-0.39, 0.29) is 6.61 Å². The molecule has 50 valence electrons. The molecule has 0 aromatic heterocycles. The maximum Gasteiger partial charge on any atom is 0.0465 e. The standard InChI is InChI=1S/C6H14O2/c1-6(5-7)3-4-8-2/h6-7H,3-5H2,1-2H3. The molecule has 0 bridgehead atoms. The lowest BCUT2D eigenvalue weighted by Crippen LogP contribution is -2.03. The Labute approximate surface area is 50.5 Å². The average molecular weight is 118 g/mol. The van der Waals surface area contributed by atoms with Gasteiger partial charge in [0.2, 0.25) is 0 Å². The van der Waals surface area contributed by atoms with Gasteiger partial charge in [0.1, 0.15) is 0 Å². The summed E-state index contributed by atoms with van der Waals surface area (Å²) in [4.78, 5) is 0. The lowest BCUT2D eigenvalue weighted by Gasteiger charge is -2.04. The second-order valence-electron chi connectivity index (χ2n) is 2.07. The highest BCUT2D eigenvalue weighted by atomic mass is 16.5. The third kappa shape index (κ3) is 4.09. The Morgan fingerprint density at radius 3 is 2.62 bits per heavy atom. The number of aliphatic hydroxyl groups excluding tert-OH is 1. The van der Waals surface area contributed by atoms with Gasteiger partial charge in [0.15, 0.2) is 0 Å². The van der Waals surface area contributed by atoms with Gasteiger partial charge in [0.25, 0.3) is 0 Å². The van der Waals surface area contributed by atoms with E-state index in [9.17, 15) is 0 Å². The molecule has 1 N–H and O–H groups in total. The van der Waals surface area contributed by atoms with Crippen LogP contribution in [0, 0.1) is 5.92 Å². The van der Waals surface area contributed by atoms with Crippen molar-refractivity contribution in [1.82, 2.24) is 0 Å². The van der Waals surface area contributed by atoms with Gasteiger partial charge in [-0.05, 0) is 12.3 Å². The molecule has 0 fully saturated rings. The fourth-order valence-corrected chi connectivity index (χ4v) is 0.410. The fraction of sp³-hybridized carbons (Fsp3) is 1.00. The van der Waals surface area contributed by atoms with Crippen LogP contribution in [0.2, 0.25) is 0 Å². The minimum absolute atomic E-state index is 0.267. The molecule has 0 saturated carbocycles. The number of hydrogen-bond acceptors (Lipinski definition) is 2. The lowest BCUT2D eigenvalue weighted by atomic mass is 10.1. The van der Waals surface area contributed by atoms with E-state index >= 15 is 0 Å². The molecule has 0 aliphatic carbocycles. The maximum absolute atomic E-state index is 8.51. The van der Waals surface area contributed by atoms with Gasteiger partial charge in [-0.3, -0.25) is 0 Å². The average Bonchev–Trinajstić information content (AvgIpc) is 1.83. The highest BCUT2D eigenvalue weighted by Gasteiger charge is 1.96. The first-order chi connectivity index (χ1) is 3.81. The Bertz CT molecular complexity index is 45.8. The minimum Gasteiger partial charge on any atom is -0.396 e. The smallest absolute Gasteiger partial charge is 0.0465 e. The van der Waals surface area contributed by atoms with Crippen LogP contribution in [0.4, 0.5) is 0 Å². The molecule has 0 spiro atoms. The minimum atomic E-state index is 0.267. The van der Waals surface area contributed by atoms with Gasteiger partial charge in [0, 0.05) is 20.3 Å². The van der Waals surface area contributed by atoms with Gasteiger partial charge < -0.3 is 9.84 Å². The third-order valence-electron chi connectivity index (χ3n) is 1.13. The van der Waals surface area contributed by atoms with Crippen molar-refractivity contribution in [3.8, 4) is 0 Å². The number of aliphatic hydroxyl groups is 1. The summed E-state index contributed by atoms with van der Waals surface area (Å²) in [5.41, 5.74) is 0. The van der Waals surface area contributed by atoms with E-state index in [1.807, 2.05) is 6.92 Å². The van der Waals surface area contributed by atoms with Gasteiger partial charge >= 0.3 is 0 Å². The van der Waals surface area contributed by atoms with Crippen molar-refractivity contribution in [2.75, 3.05) is 20.3 Å². The van der Waals surface area contributed by atoms with Crippen molar-refractivity contribution in [2.45, 2.75) is 13.3 Å². The quantitative estimate of drug-likeness (QED) is 0.587. The fourth-order valence-electron chi connectivity index (χ4n) is 0.410. The molecule has 0 heterocycles. The molecular formula is C6H14O2. The van der Waals surface area contributed by atoms with Gasteiger partial charge in [-0.1, -0.05) is 6.92 Å². The van der Waals surface area contributed by atoms with Crippen molar-refractivity contribution < 1.29 is 9.84 Å². The lowest BCUT2D eigenvalue weighted by molar-refractivity contribution is 0.154. The molecule has 0 aliphatic heterocycles. The Kier molecular flexibility index (Phi) is 5.01. The zero-order chi connectivity index (χ0) is 6.41. The Morgan fingerprint density at radius 2 is 2.25 bits per heavy atom. The summed E-state index contributed by atoms with van der Waals surface area (Å²) < 4.78 is 4.80. The van der Waals surface area contributed by atoms with Crippen LogP contribution in [0.25, 0.3) is 0 Å². The molecule has 0 aromatic rings. The number of ether oxygens (including phenoxy) is 1. The van der Waals surface area contributed by atoms with E-state index in [0.717, 1.165) is 13.0 Å². The van der Waals surface area contributed by atoms with Gasteiger partial charge in [-0.15, -0.1) is 0 Å². The zero-order valence-electron chi connectivity index (χ0n) is 5.55. The van der Waals surface area contributed by atoms with Crippen LogP contribution >= 0.6 is 0 Å². The first-order valence-electron chi connectivity index (χ1n) is 2.91. The normalized spacial score (nSPS) is 13.9. The largest absolute Gasteiger partial charge is 0.396 e. The number of rotatable bonds is 4. The predicted octanol–water partition coefficient (Wildman–Crippen LogP) is 0.651. The molecule has 1 atom stereocenters. The summed E-state index contributed by atoms with van der Waals surface area (Å²) >= 11 is 0. The van der Waals surface area contributed by atoms with E-state index in [2.05, 4.69) is 0 Å². The number of hydrogen-bond donors (Lipinski definition) is 1. The highest BCUT2D eigenvalue weighted by molar-refractivity contribution is 4.46. The van der Waals surface area contributed by atoms with Crippen LogP contribution in [0.1, 0.15) is 13.3 Å². The molecule has 0 radical (unpaired) electrons. The van der Waals surface area contributed by atoms with Crippen molar-refractivity contribution in [1.29, 1.82) is 0 Å². The first kappa shape index (κ1) is 7.92. The second-order valence-corrected chi connectivity index (χ2v) is 2.07. The summed E-state index contributed by atoms with van der Waals surface area (Å²) in [5.74, 6) is 0.384. The van der Waals surface area contributed by atoms with E-state index in [1.165, 1.54) is 0 Å². The monoisotopic (exact) mass is 118 g/mol. The first-order valence-corrected chi connectivity index (χ1v) is 2.91. The van der Waals surface area contributed by atoms with E-state index in [4.69, 9.17) is 9.84 Å². The van der Waals surface area contributed by atoms with Crippen LogP contribution in [-0.2, 0) is 4.74 Å². The van der Waals surface area contributed by atoms with Gasteiger partial charge in [-0.2, -0.15) is 0 Å². The summed E-state index contributed by atoms with van der Waals surface area (Å²) in [7, 11) is 1.67. The molecule has 0 aliphatic rings. The zero-order valence-corrected chi connectivity index (χ0v) is 5.55. The molecule has 8 heavy (non-hydrogen) atoms. The van der Waals surface area contributed by atoms with Crippen molar-refractivity contribution in [2.24, 2.45) is 5.92 Å². The van der Waals surface area contributed by atoms with Crippen LogP contribution in [0.15, 0.2) is 0 Å². The van der Waals surface area contributed by atoms with E-state index in [1.54, 1.807) is 7.11 Å². The molecule has 0 aromatic carbocycles. The van der Waals surface area contributed by atoms with Gasteiger partial charge in [-0.25, -0.2) is 0 Å². The number of methoxy groups -OCH3 is 1. The van der Waals surface area contributed by atoms with Crippen molar-refractivity contribution >= 4 is 0 Å². The Balaban J connectivity index is 2.86. The summed E-state index contributed by atoms with van der Waals surface area (Å²) in [6, 6.07) is 0. The van der Waals surface area contributed by atoms with Crippen molar-refractivity contribution in [3.63, 3.8) is 0 Å². The predicted molar refractivity (Wildman–Crippen MR) is 32.7 cm³/mol. The SMILES string of the molecule is COCCC(C)CO. The topological polar surface area (TPSA) is 29.5 Å². The molecule has 0 amide bonds. The molecule has 2 nitrogen and oxygen atoms in total. The van der Waals surface area contributed by atoms with E-state index < -0.39 is 0 Å². The van der Waals surface area contributed by atoms with Crippen molar-refractivity contribution in [3.05, 3.63) is 0 Å². The molecule has 1 unspecified atom stereocenters. The molecule has 0 saturated heterocycles. The summed E-state index contributed by atoms with van der Waals surface area (Å²) in [6.45, 7) is 3.02. The van der Waals surface area contributed by atoms with Crippen LogP contribution in [-0.4, -0.2) is 25.4 Å².